The predicted octanol–water partition coefficient (Wildman–Crippen LogP) is 4.50. The quantitative estimate of drug-likeness (QED) is 0.502. The lowest BCUT2D eigenvalue weighted by molar-refractivity contribution is 0.355. The number of nitrogens with zero attached hydrogens (tertiary/aromatic N) is 2. The molecule has 0 aliphatic carbocycles. The van der Waals surface area contributed by atoms with Crippen LogP contribution >= 0.6 is 11.3 Å². The predicted molar refractivity (Wildman–Crippen MR) is 113 cm³/mol. The SMILES string of the molecule is COc1ccc(-c2csc3c(=O)n(Cc4cccc(C)c4)cnc23)cc1OC. The van der Waals surface area contributed by atoms with Crippen molar-refractivity contribution in [3.05, 3.63) is 75.7 Å². The molecule has 0 radical (unpaired) electrons. The van der Waals surface area contributed by atoms with Crippen molar-refractivity contribution in [1.29, 1.82) is 0 Å². The zero-order valence-electron chi connectivity index (χ0n) is 15.9. The molecule has 0 N–H and O–H groups in total. The van der Waals surface area contributed by atoms with Crippen molar-refractivity contribution in [2.24, 2.45) is 0 Å². The van der Waals surface area contributed by atoms with Crippen LogP contribution in [-0.2, 0) is 6.54 Å². The molecule has 0 fully saturated rings. The van der Waals surface area contributed by atoms with E-state index in [0.29, 0.717) is 28.3 Å². The number of aryl methyl sites for hydroxylation is 1. The van der Waals surface area contributed by atoms with Gasteiger partial charge in [-0.15, -0.1) is 11.3 Å². The zero-order chi connectivity index (χ0) is 19.7. The Labute approximate surface area is 166 Å². The van der Waals surface area contributed by atoms with Gasteiger partial charge < -0.3 is 9.47 Å². The summed E-state index contributed by atoms with van der Waals surface area (Å²) in [5, 5.41) is 1.97. The van der Waals surface area contributed by atoms with Crippen LogP contribution in [0.5, 0.6) is 11.5 Å². The lowest BCUT2D eigenvalue weighted by atomic mass is 10.1. The number of fused-ring (bicyclic) bond motifs is 1. The smallest absolute Gasteiger partial charge is 0.271 e. The summed E-state index contributed by atoms with van der Waals surface area (Å²) < 4.78 is 13.0. The number of benzene rings is 2. The summed E-state index contributed by atoms with van der Waals surface area (Å²) in [6, 6.07) is 13.9. The molecule has 0 unspecified atom stereocenters. The third-order valence-corrected chi connectivity index (χ3v) is 5.63. The molecule has 0 saturated heterocycles. The first-order valence-electron chi connectivity index (χ1n) is 8.85. The van der Waals surface area contributed by atoms with Crippen LogP contribution in [0.1, 0.15) is 11.1 Å². The summed E-state index contributed by atoms with van der Waals surface area (Å²) in [4.78, 5) is 17.6. The van der Waals surface area contributed by atoms with Crippen molar-refractivity contribution >= 4 is 21.6 Å². The molecule has 28 heavy (non-hydrogen) atoms. The maximum absolute atomic E-state index is 13.0. The summed E-state index contributed by atoms with van der Waals surface area (Å²) in [5.41, 5.74) is 4.80. The van der Waals surface area contributed by atoms with Crippen LogP contribution in [0.25, 0.3) is 21.3 Å². The number of rotatable bonds is 5. The molecule has 4 aromatic rings. The van der Waals surface area contributed by atoms with Gasteiger partial charge in [-0.25, -0.2) is 4.98 Å². The van der Waals surface area contributed by atoms with Crippen LogP contribution in [0.4, 0.5) is 0 Å². The van der Waals surface area contributed by atoms with E-state index in [1.54, 1.807) is 25.1 Å². The van der Waals surface area contributed by atoms with Gasteiger partial charge in [0.2, 0.25) is 0 Å². The second-order valence-electron chi connectivity index (χ2n) is 6.56. The molecule has 0 bridgehead atoms. The Balaban J connectivity index is 1.76. The third kappa shape index (κ3) is 3.27. The molecule has 0 amide bonds. The van der Waals surface area contributed by atoms with E-state index in [4.69, 9.17) is 9.47 Å². The van der Waals surface area contributed by atoms with E-state index in [2.05, 4.69) is 11.1 Å². The molecule has 5 nitrogen and oxygen atoms in total. The van der Waals surface area contributed by atoms with Gasteiger partial charge in [0.25, 0.3) is 5.56 Å². The Morgan fingerprint density at radius 3 is 2.64 bits per heavy atom. The van der Waals surface area contributed by atoms with E-state index in [1.165, 1.54) is 16.9 Å². The van der Waals surface area contributed by atoms with Crippen molar-refractivity contribution in [3.63, 3.8) is 0 Å². The molecular weight excluding hydrogens is 372 g/mol. The van der Waals surface area contributed by atoms with Gasteiger partial charge in [-0.2, -0.15) is 0 Å². The van der Waals surface area contributed by atoms with Crippen molar-refractivity contribution in [1.82, 2.24) is 9.55 Å². The Bertz CT molecular complexity index is 1210. The third-order valence-electron chi connectivity index (χ3n) is 4.68. The molecular formula is C22H20N2O3S. The molecule has 4 rings (SSSR count). The summed E-state index contributed by atoms with van der Waals surface area (Å²) >= 11 is 1.42. The highest BCUT2D eigenvalue weighted by Gasteiger charge is 2.14. The normalized spacial score (nSPS) is 11.0. The summed E-state index contributed by atoms with van der Waals surface area (Å²) in [6.45, 7) is 2.55. The van der Waals surface area contributed by atoms with Gasteiger partial charge in [0.1, 0.15) is 4.70 Å². The Kier molecular flexibility index (Phi) is 4.88. The second kappa shape index (κ2) is 7.48. The minimum Gasteiger partial charge on any atom is -0.493 e. The number of methoxy groups -OCH3 is 2. The standard InChI is InChI=1S/C22H20N2O3S/c1-14-5-4-6-15(9-14)11-24-13-23-20-17(12-28-21(20)22(24)25)16-7-8-18(26-2)19(10-16)27-3/h4-10,12-13H,11H2,1-3H3. The molecule has 0 saturated carbocycles. The summed E-state index contributed by atoms with van der Waals surface area (Å²) in [6.07, 6.45) is 1.63. The maximum Gasteiger partial charge on any atom is 0.271 e. The van der Waals surface area contributed by atoms with E-state index in [-0.39, 0.29) is 5.56 Å². The number of ether oxygens (including phenoxy) is 2. The second-order valence-corrected chi connectivity index (χ2v) is 7.44. The molecule has 2 aromatic heterocycles. The van der Waals surface area contributed by atoms with E-state index < -0.39 is 0 Å². The van der Waals surface area contributed by atoms with Crippen molar-refractivity contribution in [2.45, 2.75) is 13.5 Å². The molecule has 0 aliphatic heterocycles. The average Bonchev–Trinajstić information content (AvgIpc) is 3.14. The van der Waals surface area contributed by atoms with E-state index >= 15 is 0 Å². The minimum absolute atomic E-state index is 0.0248. The molecule has 0 aliphatic rings. The first-order chi connectivity index (χ1) is 13.6. The van der Waals surface area contributed by atoms with Crippen LogP contribution in [0.3, 0.4) is 0 Å². The van der Waals surface area contributed by atoms with E-state index in [1.807, 2.05) is 48.7 Å². The fourth-order valence-corrected chi connectivity index (χ4v) is 4.25. The Morgan fingerprint density at radius 1 is 1.07 bits per heavy atom. The van der Waals surface area contributed by atoms with E-state index in [9.17, 15) is 4.79 Å². The minimum atomic E-state index is -0.0248. The molecule has 142 valence electrons. The largest absolute Gasteiger partial charge is 0.493 e. The van der Waals surface area contributed by atoms with Crippen molar-refractivity contribution in [3.8, 4) is 22.6 Å². The topological polar surface area (TPSA) is 53.4 Å². The molecule has 2 heterocycles. The van der Waals surface area contributed by atoms with Gasteiger partial charge in [0.05, 0.1) is 32.6 Å². The fraction of sp³-hybridized carbons (Fsp3) is 0.182. The first-order valence-corrected chi connectivity index (χ1v) is 9.73. The van der Waals surface area contributed by atoms with Gasteiger partial charge in [-0.05, 0) is 30.2 Å². The van der Waals surface area contributed by atoms with Gasteiger partial charge in [0, 0.05) is 10.9 Å². The van der Waals surface area contributed by atoms with Gasteiger partial charge in [-0.1, -0.05) is 35.9 Å². The van der Waals surface area contributed by atoms with Crippen LogP contribution in [0, 0.1) is 6.92 Å². The molecule has 2 aromatic carbocycles. The van der Waals surface area contributed by atoms with Gasteiger partial charge in [-0.3, -0.25) is 9.36 Å². The average molecular weight is 392 g/mol. The highest BCUT2D eigenvalue weighted by atomic mass is 32.1. The van der Waals surface area contributed by atoms with Crippen LogP contribution in [0.2, 0.25) is 0 Å². The van der Waals surface area contributed by atoms with Crippen LogP contribution in [-0.4, -0.2) is 23.8 Å². The van der Waals surface area contributed by atoms with Crippen molar-refractivity contribution in [2.75, 3.05) is 14.2 Å². The monoisotopic (exact) mass is 392 g/mol. The Hall–Kier alpha value is -3.12. The number of hydrogen-bond donors (Lipinski definition) is 0. The van der Waals surface area contributed by atoms with Gasteiger partial charge in [0.15, 0.2) is 11.5 Å². The van der Waals surface area contributed by atoms with Crippen LogP contribution in [0.15, 0.2) is 59.0 Å². The molecule has 6 heteroatoms. The fourth-order valence-electron chi connectivity index (χ4n) is 3.27. The lowest BCUT2D eigenvalue weighted by Gasteiger charge is -2.09. The van der Waals surface area contributed by atoms with Crippen molar-refractivity contribution < 1.29 is 9.47 Å². The number of hydrogen-bond acceptors (Lipinski definition) is 5. The highest BCUT2D eigenvalue weighted by molar-refractivity contribution is 7.17. The number of thiophene rings is 1. The number of aromatic nitrogens is 2. The Morgan fingerprint density at radius 2 is 1.89 bits per heavy atom. The highest BCUT2D eigenvalue weighted by Crippen LogP contribution is 2.36. The summed E-state index contributed by atoms with van der Waals surface area (Å²) in [5.74, 6) is 1.31. The zero-order valence-corrected chi connectivity index (χ0v) is 16.7. The summed E-state index contributed by atoms with van der Waals surface area (Å²) in [7, 11) is 3.21. The molecule has 0 atom stereocenters. The van der Waals surface area contributed by atoms with Crippen LogP contribution < -0.4 is 15.0 Å². The lowest BCUT2D eigenvalue weighted by Crippen LogP contribution is -2.20. The van der Waals surface area contributed by atoms with Gasteiger partial charge >= 0.3 is 0 Å². The molecule has 0 spiro atoms. The maximum atomic E-state index is 13.0. The first kappa shape index (κ1) is 18.3. The van der Waals surface area contributed by atoms with E-state index in [0.717, 1.165) is 16.7 Å².